The molecule has 0 aliphatic heterocycles. The minimum atomic E-state index is -4.45. The lowest BCUT2D eigenvalue weighted by molar-refractivity contribution is -0.137. The molecule has 0 atom stereocenters. The van der Waals surface area contributed by atoms with Gasteiger partial charge in [0.25, 0.3) is 11.8 Å². The molecule has 162 valence electrons. The second kappa shape index (κ2) is 8.84. The average Bonchev–Trinajstić information content (AvgIpc) is 3.14. The smallest absolute Gasteiger partial charge is 0.348 e. The Morgan fingerprint density at radius 2 is 1.74 bits per heavy atom. The van der Waals surface area contributed by atoms with Crippen molar-refractivity contribution in [2.45, 2.75) is 26.6 Å². The summed E-state index contributed by atoms with van der Waals surface area (Å²) in [5.41, 5.74) is 0.00319. The van der Waals surface area contributed by atoms with Crippen LogP contribution in [-0.2, 0) is 12.7 Å². The third kappa shape index (κ3) is 5.46. The first-order valence-corrected chi connectivity index (χ1v) is 9.84. The number of thiazole rings is 1. The second-order valence-corrected chi connectivity index (χ2v) is 7.96. The number of carbonyl (C=O) groups excluding carboxylic acids is 2. The normalized spacial score (nSPS) is 11.3. The molecule has 10 heteroatoms. The van der Waals surface area contributed by atoms with Gasteiger partial charge in [-0.1, -0.05) is 12.1 Å². The van der Waals surface area contributed by atoms with Gasteiger partial charge in [-0.05, 0) is 49.2 Å². The summed E-state index contributed by atoms with van der Waals surface area (Å²) in [5.74, 6) is -1.98. The number of carbonyl (C=O) groups is 2. The maximum Gasteiger partial charge on any atom is 0.416 e. The van der Waals surface area contributed by atoms with Crippen LogP contribution in [0, 0.1) is 19.7 Å². The van der Waals surface area contributed by atoms with Gasteiger partial charge < -0.3 is 10.6 Å². The first kappa shape index (κ1) is 22.4. The molecule has 5 nitrogen and oxygen atoms in total. The highest BCUT2D eigenvalue weighted by Gasteiger charge is 2.29. The minimum Gasteiger partial charge on any atom is -0.348 e. The predicted molar refractivity (Wildman–Crippen MR) is 109 cm³/mol. The Kier molecular flexibility index (Phi) is 6.40. The third-order valence-corrected chi connectivity index (χ3v) is 5.30. The number of aromatic nitrogens is 1. The molecule has 0 radical (unpaired) electrons. The summed E-state index contributed by atoms with van der Waals surface area (Å²) >= 11 is 1.20. The monoisotopic (exact) mass is 451 g/mol. The molecule has 2 amide bonds. The van der Waals surface area contributed by atoms with Crippen molar-refractivity contribution in [1.29, 1.82) is 0 Å². The van der Waals surface area contributed by atoms with E-state index in [0.29, 0.717) is 21.0 Å². The lowest BCUT2D eigenvalue weighted by Crippen LogP contribution is -2.24. The molecule has 0 fully saturated rings. The van der Waals surface area contributed by atoms with E-state index in [0.717, 1.165) is 18.2 Å². The number of benzene rings is 2. The SMILES string of the molecule is Cc1ncc(C(=O)Nc2cc(C(=O)NCc3ccc(C(F)(F)F)cc3)c(F)cc2C)s1. The van der Waals surface area contributed by atoms with Crippen molar-refractivity contribution in [2.75, 3.05) is 5.32 Å². The van der Waals surface area contributed by atoms with Crippen LogP contribution in [-0.4, -0.2) is 16.8 Å². The van der Waals surface area contributed by atoms with Crippen molar-refractivity contribution in [3.8, 4) is 0 Å². The van der Waals surface area contributed by atoms with Crippen molar-refractivity contribution >= 4 is 28.8 Å². The largest absolute Gasteiger partial charge is 0.416 e. The zero-order valence-electron chi connectivity index (χ0n) is 16.4. The molecule has 2 N–H and O–H groups in total. The standard InChI is InChI=1S/C21H17F4N3O2S/c1-11-7-16(22)15(8-17(11)28-20(30)18-10-26-12(2)31-18)19(29)27-9-13-3-5-14(6-4-13)21(23,24)25/h3-8,10H,9H2,1-2H3,(H,27,29)(H,28,30). The molecule has 0 aliphatic rings. The van der Waals surface area contributed by atoms with Crippen LogP contribution in [0.1, 0.15) is 41.7 Å². The van der Waals surface area contributed by atoms with Gasteiger partial charge in [-0.3, -0.25) is 9.59 Å². The Morgan fingerprint density at radius 1 is 1.06 bits per heavy atom. The van der Waals surface area contributed by atoms with Crippen molar-refractivity contribution < 1.29 is 27.2 Å². The molecule has 3 aromatic rings. The van der Waals surface area contributed by atoms with Crippen LogP contribution in [0.5, 0.6) is 0 Å². The van der Waals surface area contributed by atoms with Gasteiger partial charge >= 0.3 is 6.18 Å². The van der Waals surface area contributed by atoms with Crippen molar-refractivity contribution in [3.63, 3.8) is 0 Å². The van der Waals surface area contributed by atoms with E-state index in [4.69, 9.17) is 0 Å². The van der Waals surface area contributed by atoms with Crippen molar-refractivity contribution in [3.05, 3.63) is 80.6 Å². The van der Waals surface area contributed by atoms with Crippen LogP contribution in [0.2, 0.25) is 0 Å². The van der Waals surface area contributed by atoms with Gasteiger partial charge in [0.15, 0.2) is 0 Å². The average molecular weight is 451 g/mol. The summed E-state index contributed by atoms with van der Waals surface area (Å²) in [6.07, 6.45) is -3.03. The first-order chi connectivity index (χ1) is 14.5. The highest BCUT2D eigenvalue weighted by atomic mass is 32.1. The van der Waals surface area contributed by atoms with Crippen LogP contribution in [0.4, 0.5) is 23.2 Å². The molecule has 0 aliphatic carbocycles. The fourth-order valence-electron chi connectivity index (χ4n) is 2.72. The van der Waals surface area contributed by atoms with Crippen LogP contribution in [0.15, 0.2) is 42.6 Å². The Bertz CT molecular complexity index is 1120. The highest BCUT2D eigenvalue weighted by Crippen LogP contribution is 2.29. The number of amides is 2. The number of hydrogen-bond acceptors (Lipinski definition) is 4. The van der Waals surface area contributed by atoms with Gasteiger partial charge in [-0.15, -0.1) is 11.3 Å². The lowest BCUT2D eigenvalue weighted by atomic mass is 10.1. The molecule has 0 saturated heterocycles. The second-order valence-electron chi connectivity index (χ2n) is 6.72. The van der Waals surface area contributed by atoms with E-state index in [1.807, 2.05) is 0 Å². The Balaban J connectivity index is 1.72. The highest BCUT2D eigenvalue weighted by molar-refractivity contribution is 7.13. The van der Waals surface area contributed by atoms with Gasteiger partial charge in [0.1, 0.15) is 10.7 Å². The molecular weight excluding hydrogens is 434 g/mol. The quantitative estimate of drug-likeness (QED) is 0.531. The molecule has 0 saturated carbocycles. The summed E-state index contributed by atoms with van der Waals surface area (Å²) in [5, 5.41) is 5.82. The van der Waals surface area contributed by atoms with Crippen LogP contribution >= 0.6 is 11.3 Å². The Labute approximate surface area is 179 Å². The number of anilines is 1. The van der Waals surface area contributed by atoms with Crippen molar-refractivity contribution in [1.82, 2.24) is 10.3 Å². The Hall–Kier alpha value is -3.27. The third-order valence-electron chi connectivity index (χ3n) is 4.39. The summed E-state index contributed by atoms with van der Waals surface area (Å²) in [6.45, 7) is 3.25. The molecule has 1 aromatic heterocycles. The lowest BCUT2D eigenvalue weighted by Gasteiger charge is -2.12. The molecule has 3 rings (SSSR count). The van der Waals surface area contributed by atoms with Gasteiger partial charge in [0.2, 0.25) is 0 Å². The number of alkyl halides is 3. The van der Waals surface area contributed by atoms with E-state index >= 15 is 0 Å². The molecule has 1 heterocycles. The summed E-state index contributed by atoms with van der Waals surface area (Å²) in [7, 11) is 0. The van der Waals surface area contributed by atoms with E-state index in [1.54, 1.807) is 13.8 Å². The minimum absolute atomic E-state index is 0.0911. The number of rotatable bonds is 5. The maximum absolute atomic E-state index is 14.3. The number of hydrogen-bond donors (Lipinski definition) is 2. The van der Waals surface area contributed by atoms with E-state index < -0.39 is 29.4 Å². The van der Waals surface area contributed by atoms with E-state index in [-0.39, 0.29) is 17.8 Å². The van der Waals surface area contributed by atoms with Gasteiger partial charge in [-0.25, -0.2) is 9.37 Å². The van der Waals surface area contributed by atoms with E-state index in [9.17, 15) is 27.2 Å². The number of halogens is 4. The number of nitrogens with one attached hydrogen (secondary N) is 2. The molecule has 0 unspecified atom stereocenters. The summed E-state index contributed by atoms with van der Waals surface area (Å²) in [6, 6.07) is 6.62. The van der Waals surface area contributed by atoms with E-state index in [1.165, 1.54) is 35.7 Å². The topological polar surface area (TPSA) is 71.1 Å². The number of nitrogens with zero attached hydrogens (tertiary/aromatic N) is 1. The zero-order valence-corrected chi connectivity index (χ0v) is 17.2. The van der Waals surface area contributed by atoms with Gasteiger partial charge in [0.05, 0.1) is 22.3 Å². The molecule has 0 bridgehead atoms. The molecule has 31 heavy (non-hydrogen) atoms. The molecule has 2 aromatic carbocycles. The zero-order chi connectivity index (χ0) is 22.8. The van der Waals surface area contributed by atoms with Crippen molar-refractivity contribution in [2.24, 2.45) is 0 Å². The van der Waals surface area contributed by atoms with E-state index in [2.05, 4.69) is 15.6 Å². The van der Waals surface area contributed by atoms with Crippen LogP contribution < -0.4 is 10.6 Å². The van der Waals surface area contributed by atoms with Crippen LogP contribution in [0.3, 0.4) is 0 Å². The number of aryl methyl sites for hydroxylation is 2. The first-order valence-electron chi connectivity index (χ1n) is 9.03. The Morgan fingerprint density at radius 3 is 2.32 bits per heavy atom. The fraction of sp³-hybridized carbons (Fsp3) is 0.190. The molecule has 0 spiro atoms. The van der Waals surface area contributed by atoms with Gasteiger partial charge in [0, 0.05) is 12.2 Å². The van der Waals surface area contributed by atoms with Crippen LogP contribution in [0.25, 0.3) is 0 Å². The summed E-state index contributed by atoms with van der Waals surface area (Å²) in [4.78, 5) is 29.2. The maximum atomic E-state index is 14.3. The van der Waals surface area contributed by atoms with Gasteiger partial charge in [-0.2, -0.15) is 13.2 Å². The summed E-state index contributed by atoms with van der Waals surface area (Å²) < 4.78 is 52.2. The molecular formula is C21H17F4N3O2S. The predicted octanol–water partition coefficient (Wildman–Crippen LogP) is 5.10. The fourth-order valence-corrected chi connectivity index (χ4v) is 3.39.